The highest BCUT2D eigenvalue weighted by molar-refractivity contribution is 5.40. The number of para-hydroxylation sites is 1. The normalized spacial score (nSPS) is 12.6. The van der Waals surface area contributed by atoms with Crippen LogP contribution >= 0.6 is 0 Å². The quantitative estimate of drug-likeness (QED) is 0.797. The van der Waals surface area contributed by atoms with E-state index in [0.29, 0.717) is 6.54 Å². The average Bonchev–Trinajstić information content (AvgIpc) is 2.20. The van der Waals surface area contributed by atoms with E-state index < -0.39 is 0 Å². The standard InChI is InChI=1S/C12H19NO/c1-4-10(3)14-12-9(2)6-5-7-11(12)8-13/h5-7,10H,4,8,13H2,1-3H3. The molecule has 2 N–H and O–H groups in total. The second-order valence-corrected chi connectivity index (χ2v) is 3.60. The van der Waals surface area contributed by atoms with Crippen LogP contribution in [0.15, 0.2) is 18.2 Å². The highest BCUT2D eigenvalue weighted by Gasteiger charge is 2.08. The highest BCUT2D eigenvalue weighted by atomic mass is 16.5. The summed E-state index contributed by atoms with van der Waals surface area (Å²) in [6.07, 6.45) is 1.26. The molecule has 0 saturated carbocycles. The van der Waals surface area contributed by atoms with Gasteiger partial charge in [-0.3, -0.25) is 0 Å². The van der Waals surface area contributed by atoms with Gasteiger partial charge in [-0.05, 0) is 25.8 Å². The van der Waals surface area contributed by atoms with Crippen LogP contribution < -0.4 is 10.5 Å². The van der Waals surface area contributed by atoms with Crippen molar-refractivity contribution in [2.24, 2.45) is 5.73 Å². The van der Waals surface area contributed by atoms with E-state index in [1.807, 2.05) is 12.1 Å². The molecule has 0 aliphatic carbocycles. The maximum absolute atomic E-state index is 5.84. The Balaban J connectivity index is 2.92. The Morgan fingerprint density at radius 3 is 2.71 bits per heavy atom. The van der Waals surface area contributed by atoms with Crippen molar-refractivity contribution in [3.05, 3.63) is 29.3 Å². The monoisotopic (exact) mass is 193 g/mol. The lowest BCUT2D eigenvalue weighted by Crippen LogP contribution is -2.13. The number of rotatable bonds is 4. The molecular formula is C12H19NO. The SMILES string of the molecule is CCC(C)Oc1c(C)cccc1CN. The topological polar surface area (TPSA) is 35.2 Å². The van der Waals surface area contributed by atoms with Crippen LogP contribution in [0.1, 0.15) is 31.4 Å². The summed E-state index contributed by atoms with van der Waals surface area (Å²) in [5, 5.41) is 0. The Labute approximate surface area is 86.1 Å². The smallest absolute Gasteiger partial charge is 0.127 e. The predicted molar refractivity (Wildman–Crippen MR) is 59.5 cm³/mol. The van der Waals surface area contributed by atoms with Gasteiger partial charge in [0, 0.05) is 12.1 Å². The third kappa shape index (κ3) is 2.48. The number of nitrogens with two attached hydrogens (primary N) is 1. The van der Waals surface area contributed by atoms with E-state index >= 15 is 0 Å². The Kier molecular flexibility index (Phi) is 3.96. The molecule has 0 heterocycles. The summed E-state index contributed by atoms with van der Waals surface area (Å²) in [4.78, 5) is 0. The zero-order chi connectivity index (χ0) is 10.6. The minimum atomic E-state index is 0.251. The third-order valence-electron chi connectivity index (χ3n) is 2.41. The van der Waals surface area contributed by atoms with Crippen LogP contribution in [0.4, 0.5) is 0 Å². The molecular weight excluding hydrogens is 174 g/mol. The zero-order valence-corrected chi connectivity index (χ0v) is 9.21. The molecule has 0 amide bonds. The van der Waals surface area contributed by atoms with Gasteiger partial charge in [0.25, 0.3) is 0 Å². The minimum absolute atomic E-state index is 0.251. The molecule has 2 heteroatoms. The fraction of sp³-hybridized carbons (Fsp3) is 0.500. The van der Waals surface area contributed by atoms with Crippen molar-refractivity contribution in [3.63, 3.8) is 0 Å². The molecule has 1 rings (SSSR count). The van der Waals surface area contributed by atoms with E-state index in [4.69, 9.17) is 10.5 Å². The first kappa shape index (κ1) is 11.1. The summed E-state index contributed by atoms with van der Waals surface area (Å²) < 4.78 is 5.84. The van der Waals surface area contributed by atoms with E-state index in [1.54, 1.807) is 0 Å². The first-order valence-corrected chi connectivity index (χ1v) is 5.14. The summed E-state index contributed by atoms with van der Waals surface area (Å²) >= 11 is 0. The van der Waals surface area contributed by atoms with Crippen LogP contribution in [-0.4, -0.2) is 6.10 Å². The van der Waals surface area contributed by atoms with Gasteiger partial charge >= 0.3 is 0 Å². The third-order valence-corrected chi connectivity index (χ3v) is 2.41. The molecule has 0 aliphatic rings. The van der Waals surface area contributed by atoms with Gasteiger partial charge in [0.2, 0.25) is 0 Å². The van der Waals surface area contributed by atoms with E-state index in [0.717, 1.165) is 23.3 Å². The van der Waals surface area contributed by atoms with Crippen molar-refractivity contribution >= 4 is 0 Å². The molecule has 1 aromatic rings. The van der Waals surface area contributed by atoms with E-state index in [9.17, 15) is 0 Å². The summed E-state index contributed by atoms with van der Waals surface area (Å²) in [6, 6.07) is 6.09. The Hall–Kier alpha value is -1.02. The van der Waals surface area contributed by atoms with Gasteiger partial charge in [0.15, 0.2) is 0 Å². The molecule has 1 atom stereocenters. The van der Waals surface area contributed by atoms with Crippen molar-refractivity contribution in [2.45, 2.75) is 39.8 Å². The molecule has 0 spiro atoms. The van der Waals surface area contributed by atoms with Crippen molar-refractivity contribution in [2.75, 3.05) is 0 Å². The van der Waals surface area contributed by atoms with Crippen LogP contribution in [0.5, 0.6) is 5.75 Å². The van der Waals surface area contributed by atoms with Gasteiger partial charge in [-0.15, -0.1) is 0 Å². The summed E-state index contributed by atoms with van der Waals surface area (Å²) in [7, 11) is 0. The van der Waals surface area contributed by atoms with Gasteiger partial charge in [-0.2, -0.15) is 0 Å². The molecule has 0 aliphatic heterocycles. The van der Waals surface area contributed by atoms with Gasteiger partial charge in [0.05, 0.1) is 6.10 Å². The maximum atomic E-state index is 5.84. The van der Waals surface area contributed by atoms with E-state index in [2.05, 4.69) is 26.8 Å². The Morgan fingerprint density at radius 2 is 2.14 bits per heavy atom. The summed E-state index contributed by atoms with van der Waals surface area (Å²) in [6.45, 7) is 6.78. The van der Waals surface area contributed by atoms with Crippen LogP contribution in [0.3, 0.4) is 0 Å². The zero-order valence-electron chi connectivity index (χ0n) is 9.21. The molecule has 1 unspecified atom stereocenters. The highest BCUT2D eigenvalue weighted by Crippen LogP contribution is 2.24. The maximum Gasteiger partial charge on any atom is 0.127 e. The van der Waals surface area contributed by atoms with Gasteiger partial charge in [0.1, 0.15) is 5.75 Å². The van der Waals surface area contributed by atoms with Crippen LogP contribution in [0.2, 0.25) is 0 Å². The molecule has 0 radical (unpaired) electrons. The number of hydrogen-bond acceptors (Lipinski definition) is 2. The number of aryl methyl sites for hydroxylation is 1. The lowest BCUT2D eigenvalue weighted by atomic mass is 10.1. The molecule has 14 heavy (non-hydrogen) atoms. The predicted octanol–water partition coefficient (Wildman–Crippen LogP) is 2.63. The number of hydrogen-bond donors (Lipinski definition) is 1. The van der Waals surface area contributed by atoms with Gasteiger partial charge < -0.3 is 10.5 Å². The van der Waals surface area contributed by atoms with E-state index in [1.165, 1.54) is 0 Å². The van der Waals surface area contributed by atoms with Crippen molar-refractivity contribution in [1.82, 2.24) is 0 Å². The molecule has 1 aromatic carbocycles. The molecule has 0 aromatic heterocycles. The largest absolute Gasteiger partial charge is 0.490 e. The fourth-order valence-corrected chi connectivity index (χ4v) is 1.33. The average molecular weight is 193 g/mol. The minimum Gasteiger partial charge on any atom is -0.490 e. The molecule has 0 saturated heterocycles. The summed E-state index contributed by atoms with van der Waals surface area (Å²) in [5.74, 6) is 0.962. The second kappa shape index (κ2) is 5.01. The first-order chi connectivity index (χ1) is 6.69. The van der Waals surface area contributed by atoms with E-state index in [-0.39, 0.29) is 6.10 Å². The number of benzene rings is 1. The second-order valence-electron chi connectivity index (χ2n) is 3.60. The first-order valence-electron chi connectivity index (χ1n) is 5.14. The van der Waals surface area contributed by atoms with Crippen molar-refractivity contribution in [1.29, 1.82) is 0 Å². The van der Waals surface area contributed by atoms with Gasteiger partial charge in [-0.1, -0.05) is 25.1 Å². The Bertz CT molecular complexity index is 296. The molecule has 78 valence electrons. The van der Waals surface area contributed by atoms with Crippen molar-refractivity contribution in [3.8, 4) is 5.75 Å². The lowest BCUT2D eigenvalue weighted by molar-refractivity contribution is 0.214. The van der Waals surface area contributed by atoms with Crippen molar-refractivity contribution < 1.29 is 4.74 Å². The summed E-state index contributed by atoms with van der Waals surface area (Å²) in [5.41, 5.74) is 7.91. The van der Waals surface area contributed by atoms with Crippen LogP contribution in [0, 0.1) is 6.92 Å². The van der Waals surface area contributed by atoms with Gasteiger partial charge in [-0.25, -0.2) is 0 Å². The molecule has 0 bridgehead atoms. The molecule has 0 fully saturated rings. The van der Waals surface area contributed by atoms with Crippen LogP contribution in [0.25, 0.3) is 0 Å². The lowest BCUT2D eigenvalue weighted by Gasteiger charge is -2.17. The Morgan fingerprint density at radius 1 is 1.43 bits per heavy atom. The number of ether oxygens (including phenoxy) is 1. The van der Waals surface area contributed by atoms with Crippen LogP contribution in [-0.2, 0) is 6.54 Å². The molecule has 2 nitrogen and oxygen atoms in total. The fourth-order valence-electron chi connectivity index (χ4n) is 1.33.